The lowest BCUT2D eigenvalue weighted by atomic mass is 9.72. The van der Waals surface area contributed by atoms with Gasteiger partial charge in [0, 0.05) is 10.9 Å². The Labute approximate surface area is 123 Å². The number of ether oxygens (including phenoxy) is 1. The van der Waals surface area contributed by atoms with Gasteiger partial charge in [0.25, 0.3) is 0 Å². The van der Waals surface area contributed by atoms with Crippen molar-refractivity contribution in [3.8, 4) is 0 Å². The fraction of sp³-hybridized carbons (Fsp3) is 0.467. The van der Waals surface area contributed by atoms with E-state index in [1.165, 1.54) is 0 Å². The second-order valence-electron chi connectivity index (χ2n) is 5.34. The molecule has 1 aromatic heterocycles. The molecule has 0 spiro atoms. The molecule has 1 fully saturated rings. The van der Waals surface area contributed by atoms with Crippen molar-refractivity contribution in [2.75, 3.05) is 0 Å². The minimum Gasteiger partial charge on any atom is -0.364 e. The van der Waals surface area contributed by atoms with E-state index in [-0.39, 0.29) is 5.60 Å². The smallest absolute Gasteiger partial charge is 0.137 e. The van der Waals surface area contributed by atoms with Crippen molar-refractivity contribution in [2.45, 2.75) is 38.5 Å². The molecule has 3 atom stereocenters. The van der Waals surface area contributed by atoms with Crippen LogP contribution in [0.2, 0.25) is 5.02 Å². The molecule has 0 aliphatic carbocycles. The summed E-state index contributed by atoms with van der Waals surface area (Å²) in [6.07, 6.45) is 4.60. The number of halogens is 1. The van der Waals surface area contributed by atoms with Crippen molar-refractivity contribution in [1.29, 1.82) is 0 Å². The van der Waals surface area contributed by atoms with Gasteiger partial charge in [-0.25, -0.2) is 9.67 Å². The van der Waals surface area contributed by atoms with Gasteiger partial charge in [0.05, 0.1) is 12.6 Å². The molecule has 4 nitrogen and oxygen atoms in total. The summed E-state index contributed by atoms with van der Waals surface area (Å²) in [5, 5.41) is 4.95. The van der Waals surface area contributed by atoms with Crippen molar-refractivity contribution < 1.29 is 4.74 Å². The Morgan fingerprint density at radius 1 is 1.35 bits per heavy atom. The van der Waals surface area contributed by atoms with Crippen molar-refractivity contribution in [1.82, 2.24) is 14.8 Å². The minimum absolute atomic E-state index is 0.300. The summed E-state index contributed by atoms with van der Waals surface area (Å²) in [5.41, 5.74) is 0.813. The molecular formula is C15H18ClN3O. The lowest BCUT2D eigenvalue weighted by Crippen LogP contribution is -2.58. The predicted molar refractivity (Wildman–Crippen MR) is 77.5 cm³/mol. The third-order valence-corrected chi connectivity index (χ3v) is 4.51. The second kappa shape index (κ2) is 5.19. The number of rotatable bonds is 4. The number of aromatic nitrogens is 3. The van der Waals surface area contributed by atoms with Crippen LogP contribution in [0, 0.1) is 5.92 Å². The highest BCUT2D eigenvalue weighted by Gasteiger charge is 2.53. The molecule has 0 bridgehead atoms. The van der Waals surface area contributed by atoms with Crippen LogP contribution in [0.5, 0.6) is 0 Å². The van der Waals surface area contributed by atoms with Crippen LogP contribution in [0.15, 0.2) is 36.9 Å². The third kappa shape index (κ3) is 2.13. The van der Waals surface area contributed by atoms with Crippen LogP contribution in [-0.4, -0.2) is 20.9 Å². The Morgan fingerprint density at radius 3 is 2.65 bits per heavy atom. The van der Waals surface area contributed by atoms with Crippen LogP contribution in [0.1, 0.15) is 25.8 Å². The zero-order valence-corrected chi connectivity index (χ0v) is 12.4. The van der Waals surface area contributed by atoms with Gasteiger partial charge >= 0.3 is 0 Å². The van der Waals surface area contributed by atoms with E-state index in [0.717, 1.165) is 17.0 Å². The first-order chi connectivity index (χ1) is 9.65. The lowest BCUT2D eigenvalue weighted by Gasteiger charge is -2.54. The predicted octanol–water partition coefficient (Wildman–Crippen LogP) is 3.27. The van der Waals surface area contributed by atoms with E-state index in [1.807, 2.05) is 28.9 Å². The van der Waals surface area contributed by atoms with Crippen molar-refractivity contribution in [2.24, 2.45) is 5.92 Å². The Morgan fingerprint density at radius 2 is 2.10 bits per heavy atom. The SMILES string of the molecule is CC[C@@H]1O[C@@](Cn2cncn2)(c2ccc(Cl)cc2)[C@H]1C. The second-order valence-corrected chi connectivity index (χ2v) is 5.78. The zero-order valence-electron chi connectivity index (χ0n) is 11.7. The molecule has 2 aromatic rings. The average molecular weight is 292 g/mol. The van der Waals surface area contributed by atoms with Crippen LogP contribution in [0.4, 0.5) is 0 Å². The minimum atomic E-state index is -0.334. The summed E-state index contributed by atoms with van der Waals surface area (Å²) in [6, 6.07) is 7.91. The summed E-state index contributed by atoms with van der Waals surface area (Å²) >= 11 is 5.99. The van der Waals surface area contributed by atoms with Gasteiger partial charge in [-0.1, -0.05) is 37.6 Å². The molecule has 3 rings (SSSR count). The van der Waals surface area contributed by atoms with E-state index < -0.39 is 0 Å². The van der Waals surface area contributed by atoms with E-state index >= 15 is 0 Å². The maximum atomic E-state index is 6.26. The van der Waals surface area contributed by atoms with Gasteiger partial charge in [-0.15, -0.1) is 0 Å². The lowest BCUT2D eigenvalue weighted by molar-refractivity contribution is -0.271. The Hall–Kier alpha value is -1.39. The highest BCUT2D eigenvalue weighted by atomic mass is 35.5. The molecule has 106 valence electrons. The van der Waals surface area contributed by atoms with Crippen LogP contribution < -0.4 is 0 Å². The highest BCUT2D eigenvalue weighted by Crippen LogP contribution is 2.49. The molecule has 0 radical (unpaired) electrons. The fourth-order valence-electron chi connectivity index (χ4n) is 3.03. The molecule has 0 amide bonds. The molecule has 1 saturated heterocycles. The molecule has 1 aliphatic heterocycles. The molecule has 2 heterocycles. The molecular weight excluding hydrogens is 274 g/mol. The van der Waals surface area contributed by atoms with E-state index in [2.05, 4.69) is 23.9 Å². The van der Waals surface area contributed by atoms with E-state index in [9.17, 15) is 0 Å². The molecule has 1 aromatic carbocycles. The Bertz CT molecular complexity index is 569. The molecule has 0 N–H and O–H groups in total. The van der Waals surface area contributed by atoms with Crippen LogP contribution >= 0.6 is 11.6 Å². The van der Waals surface area contributed by atoms with Gasteiger partial charge < -0.3 is 4.74 Å². The molecule has 0 unspecified atom stereocenters. The largest absolute Gasteiger partial charge is 0.364 e. The first kappa shape index (κ1) is 13.6. The number of hydrogen-bond donors (Lipinski definition) is 0. The number of benzene rings is 1. The quantitative estimate of drug-likeness (QED) is 0.868. The maximum absolute atomic E-state index is 6.26. The summed E-state index contributed by atoms with van der Waals surface area (Å²) in [7, 11) is 0. The summed E-state index contributed by atoms with van der Waals surface area (Å²) < 4.78 is 8.09. The maximum Gasteiger partial charge on any atom is 0.137 e. The molecule has 0 saturated carbocycles. The van der Waals surface area contributed by atoms with Gasteiger partial charge in [-0.2, -0.15) is 5.10 Å². The Kier molecular flexibility index (Phi) is 3.52. The van der Waals surface area contributed by atoms with E-state index in [0.29, 0.717) is 18.6 Å². The highest BCUT2D eigenvalue weighted by molar-refractivity contribution is 6.30. The zero-order chi connectivity index (χ0) is 14.2. The molecule has 5 heteroatoms. The van der Waals surface area contributed by atoms with E-state index in [1.54, 1.807) is 12.7 Å². The standard InChI is InChI=1S/C15H18ClN3O/c1-3-14-11(2)15(20-14,8-19-10-17-9-18-19)12-4-6-13(16)7-5-12/h4-7,9-11,14H,3,8H2,1-2H3/t11-,14-,15+/m0/s1. The molecule has 1 aliphatic rings. The molecule has 20 heavy (non-hydrogen) atoms. The monoisotopic (exact) mass is 291 g/mol. The first-order valence-electron chi connectivity index (χ1n) is 6.92. The summed E-state index contributed by atoms with van der Waals surface area (Å²) in [5.74, 6) is 0.429. The Balaban J connectivity index is 1.94. The van der Waals surface area contributed by atoms with Crippen molar-refractivity contribution >= 4 is 11.6 Å². The average Bonchev–Trinajstić information content (AvgIpc) is 2.96. The van der Waals surface area contributed by atoms with E-state index in [4.69, 9.17) is 16.3 Å². The third-order valence-electron chi connectivity index (χ3n) is 4.25. The van der Waals surface area contributed by atoms with Gasteiger partial charge in [-0.3, -0.25) is 0 Å². The normalized spacial score (nSPS) is 29.1. The summed E-state index contributed by atoms with van der Waals surface area (Å²) in [4.78, 5) is 4.01. The van der Waals surface area contributed by atoms with Crippen molar-refractivity contribution in [3.05, 3.63) is 47.5 Å². The fourth-order valence-corrected chi connectivity index (χ4v) is 3.16. The summed E-state index contributed by atoms with van der Waals surface area (Å²) in [6.45, 7) is 5.07. The topological polar surface area (TPSA) is 39.9 Å². The van der Waals surface area contributed by atoms with Gasteiger partial charge in [0.1, 0.15) is 18.3 Å². The van der Waals surface area contributed by atoms with Gasteiger partial charge in [0.15, 0.2) is 0 Å². The first-order valence-corrected chi connectivity index (χ1v) is 7.30. The number of nitrogens with zero attached hydrogens (tertiary/aromatic N) is 3. The van der Waals surface area contributed by atoms with Crippen LogP contribution in [0.3, 0.4) is 0 Å². The number of hydrogen-bond acceptors (Lipinski definition) is 3. The van der Waals surface area contributed by atoms with Crippen LogP contribution in [0.25, 0.3) is 0 Å². The van der Waals surface area contributed by atoms with Crippen LogP contribution in [-0.2, 0) is 16.9 Å². The van der Waals surface area contributed by atoms with Gasteiger partial charge in [-0.05, 0) is 24.1 Å². The van der Waals surface area contributed by atoms with Crippen molar-refractivity contribution in [3.63, 3.8) is 0 Å². The van der Waals surface area contributed by atoms with Gasteiger partial charge in [0.2, 0.25) is 0 Å².